The first-order valence-electron chi connectivity index (χ1n) is 15.8. The first kappa shape index (κ1) is 37.6. The summed E-state index contributed by atoms with van der Waals surface area (Å²) in [6, 6.07) is 17.4. The highest BCUT2D eigenvalue weighted by atomic mass is 35.5. The Balaban J connectivity index is 1.73. The van der Waals surface area contributed by atoms with Crippen LogP contribution in [-0.4, -0.2) is 34.6 Å². The van der Waals surface area contributed by atoms with E-state index in [1.165, 1.54) is 0 Å². The van der Waals surface area contributed by atoms with Gasteiger partial charge in [-0.25, -0.2) is 0 Å². The van der Waals surface area contributed by atoms with E-state index in [0.717, 1.165) is 42.6 Å². The summed E-state index contributed by atoms with van der Waals surface area (Å²) in [6.45, 7) is 8.29. The zero-order valence-corrected chi connectivity index (χ0v) is 33.7. The van der Waals surface area contributed by atoms with Crippen molar-refractivity contribution >= 4 is 117 Å². The van der Waals surface area contributed by atoms with Crippen molar-refractivity contribution in [2.45, 2.75) is 47.3 Å². The van der Waals surface area contributed by atoms with Crippen molar-refractivity contribution < 1.29 is 19.1 Å². The molecule has 0 spiro atoms. The summed E-state index contributed by atoms with van der Waals surface area (Å²) in [6.07, 6.45) is 0. The predicted octanol–water partition coefficient (Wildman–Crippen LogP) is 13.4. The zero-order valence-electron chi connectivity index (χ0n) is 27.4. The van der Waals surface area contributed by atoms with Crippen LogP contribution in [0.15, 0.2) is 91.4 Å². The Kier molecular flexibility index (Phi) is 12.2. The summed E-state index contributed by atoms with van der Waals surface area (Å²) >= 11 is 32.3. The molecular weight excluding hydrogens is 790 g/mol. The quantitative estimate of drug-likeness (QED) is 0.131. The molecule has 0 bridgehead atoms. The summed E-state index contributed by atoms with van der Waals surface area (Å²) in [4.78, 5) is 33.8. The Morgan fingerprint density at radius 3 is 1.00 bits per heavy atom. The predicted molar refractivity (Wildman–Crippen MR) is 215 cm³/mol. The van der Waals surface area contributed by atoms with Gasteiger partial charge < -0.3 is 9.47 Å². The van der Waals surface area contributed by atoms with Crippen LogP contribution in [0, 0.1) is 0 Å². The first-order chi connectivity index (χ1) is 24.1. The number of allylic oxidation sites excluding steroid dienone is 2. The van der Waals surface area contributed by atoms with Crippen LogP contribution in [0.1, 0.15) is 59.5 Å². The molecule has 4 aromatic carbocycles. The van der Waals surface area contributed by atoms with E-state index in [1.54, 1.807) is 83.4 Å². The Labute approximate surface area is 329 Å². The van der Waals surface area contributed by atoms with Gasteiger partial charge in [-0.05, 0) is 83.7 Å². The molecule has 0 aromatic heterocycles. The number of halogens is 4. The summed E-state index contributed by atoms with van der Waals surface area (Å²) in [7, 11) is 0. The van der Waals surface area contributed by atoms with Crippen LogP contribution in [0.3, 0.4) is 0 Å². The summed E-state index contributed by atoms with van der Waals surface area (Å²) in [5.41, 5.74) is 1.99. The summed E-state index contributed by atoms with van der Waals surface area (Å²) in [5, 5.41) is 1.45. The van der Waals surface area contributed by atoms with Crippen molar-refractivity contribution in [3.63, 3.8) is 0 Å². The van der Waals surface area contributed by atoms with Crippen molar-refractivity contribution in [3.05, 3.63) is 114 Å². The fourth-order valence-corrected chi connectivity index (χ4v) is 10.3. The summed E-state index contributed by atoms with van der Waals surface area (Å²) in [5.74, 6) is 3.62. The van der Waals surface area contributed by atoms with Gasteiger partial charge in [0.25, 0.3) is 0 Å². The van der Waals surface area contributed by atoms with Gasteiger partial charge in [0, 0.05) is 61.9 Å². The van der Waals surface area contributed by atoms with Crippen LogP contribution < -0.4 is 9.47 Å². The van der Waals surface area contributed by atoms with Gasteiger partial charge in [0.05, 0.1) is 11.1 Å². The van der Waals surface area contributed by atoms with Crippen LogP contribution >= 0.6 is 93.5 Å². The largest absolute Gasteiger partial charge is 0.456 e. The highest BCUT2D eigenvalue weighted by Crippen LogP contribution is 2.49. The molecule has 0 amide bonds. The molecule has 0 fully saturated rings. The fraction of sp³-hybridized carbons (Fsp3) is 0.211. The minimum absolute atomic E-state index is 0.0981. The van der Waals surface area contributed by atoms with Crippen LogP contribution in [-0.2, 0) is 0 Å². The van der Waals surface area contributed by atoms with Crippen LogP contribution in [0.2, 0.25) is 20.1 Å². The van der Waals surface area contributed by atoms with Gasteiger partial charge in [0.1, 0.15) is 23.0 Å². The molecule has 0 heterocycles. The highest BCUT2D eigenvalue weighted by Gasteiger charge is 2.43. The van der Waals surface area contributed by atoms with E-state index in [4.69, 9.17) is 55.9 Å². The lowest BCUT2D eigenvalue weighted by atomic mass is 9.76. The van der Waals surface area contributed by atoms with Gasteiger partial charge in [-0.15, -0.1) is 47.0 Å². The second kappa shape index (κ2) is 16.3. The van der Waals surface area contributed by atoms with Gasteiger partial charge >= 0.3 is 0 Å². The molecule has 12 heteroatoms. The Hall–Kier alpha value is -2.14. The average Bonchev–Trinajstić information content (AvgIpc) is 3.05. The SMILES string of the molecule is CCSc1cc2c(cc1SCC)C(Oc1cc(Cl)cc(Cl)c1)=C1C(=O)c3cc(SCC)c(SCC)cc3C(Oc3cc(Cl)cc(Cl)c3)=C1C2=O. The molecule has 4 nitrogen and oxygen atoms in total. The molecule has 0 unspecified atom stereocenters. The standard InChI is InChI=1S/C38H30Cl4O4S4/c1-5-47-29-15-25-27(17-31(29)49-7-3)37(45-23-11-19(39)9-20(40)12-23)34-33(35(25)43)38(46-24-13-21(41)10-22(42)14-24)28-18-32(50-8-4)30(48-6-2)16-26(28)36(34)44/h9-18H,5-8H2,1-4H3. The maximum atomic E-state index is 15.0. The number of carbonyl (C=O) groups is 2. The molecule has 0 saturated carbocycles. The van der Waals surface area contributed by atoms with E-state index in [2.05, 4.69) is 27.7 Å². The van der Waals surface area contributed by atoms with Crippen molar-refractivity contribution in [3.8, 4) is 11.5 Å². The number of hydrogen-bond acceptors (Lipinski definition) is 8. The monoisotopic (exact) mass is 818 g/mol. The Morgan fingerprint density at radius 1 is 0.440 bits per heavy atom. The van der Waals surface area contributed by atoms with Crippen LogP contribution in [0.25, 0.3) is 11.5 Å². The van der Waals surface area contributed by atoms with E-state index >= 15 is 0 Å². The lowest BCUT2D eigenvalue weighted by molar-refractivity contribution is 0.0988. The van der Waals surface area contributed by atoms with Crippen molar-refractivity contribution in [2.75, 3.05) is 23.0 Å². The number of hydrogen-bond donors (Lipinski definition) is 0. The molecule has 2 aliphatic rings. The number of rotatable bonds is 12. The van der Waals surface area contributed by atoms with Gasteiger partial charge in [-0.2, -0.15) is 0 Å². The maximum Gasteiger partial charge on any atom is 0.198 e. The van der Waals surface area contributed by atoms with Gasteiger partial charge in [-0.1, -0.05) is 74.1 Å². The first-order valence-corrected chi connectivity index (χ1v) is 21.3. The third-order valence-corrected chi connectivity index (χ3v) is 12.5. The third kappa shape index (κ3) is 7.65. The molecule has 2 aliphatic carbocycles. The Bertz CT molecular complexity index is 1920. The van der Waals surface area contributed by atoms with E-state index < -0.39 is 0 Å². The number of benzene rings is 4. The molecule has 0 atom stereocenters. The summed E-state index contributed by atoms with van der Waals surface area (Å²) < 4.78 is 13.3. The van der Waals surface area contributed by atoms with Crippen molar-refractivity contribution in [1.82, 2.24) is 0 Å². The van der Waals surface area contributed by atoms with Crippen LogP contribution in [0.4, 0.5) is 0 Å². The second-order valence-corrected chi connectivity index (χ2v) is 17.9. The van der Waals surface area contributed by atoms with E-state index in [-0.39, 0.29) is 34.2 Å². The lowest BCUT2D eigenvalue weighted by Crippen LogP contribution is -2.29. The topological polar surface area (TPSA) is 52.6 Å². The van der Waals surface area contributed by atoms with Crippen molar-refractivity contribution in [1.29, 1.82) is 0 Å². The zero-order chi connectivity index (χ0) is 35.7. The number of thioether (sulfide) groups is 4. The average molecular weight is 821 g/mol. The molecule has 0 N–H and O–H groups in total. The van der Waals surface area contributed by atoms with Crippen LogP contribution in [0.5, 0.6) is 11.5 Å². The van der Waals surface area contributed by atoms with E-state index in [9.17, 15) is 9.59 Å². The van der Waals surface area contributed by atoms with Gasteiger partial charge in [0.15, 0.2) is 11.6 Å². The number of carbonyl (C=O) groups excluding carboxylic acids is 2. The molecular formula is C38H30Cl4O4S4. The van der Waals surface area contributed by atoms with Crippen molar-refractivity contribution in [2.24, 2.45) is 0 Å². The second-order valence-electron chi connectivity index (χ2n) is 10.9. The number of ketones is 2. The molecule has 50 heavy (non-hydrogen) atoms. The Morgan fingerprint density at radius 2 is 0.720 bits per heavy atom. The minimum Gasteiger partial charge on any atom is -0.456 e. The highest BCUT2D eigenvalue weighted by molar-refractivity contribution is 8.02. The molecule has 0 saturated heterocycles. The molecule has 4 aromatic rings. The fourth-order valence-electron chi connectivity index (χ4n) is 5.77. The third-order valence-electron chi connectivity index (χ3n) is 7.62. The van der Waals surface area contributed by atoms with E-state index in [1.807, 2.05) is 24.3 Å². The molecule has 0 radical (unpaired) electrons. The lowest BCUT2D eigenvalue weighted by Gasteiger charge is -2.31. The minimum atomic E-state index is -0.351. The smallest absolute Gasteiger partial charge is 0.198 e. The molecule has 0 aliphatic heterocycles. The van der Waals surface area contributed by atoms with E-state index in [0.29, 0.717) is 53.8 Å². The normalized spacial score (nSPS) is 13.8. The molecule has 6 rings (SSSR count). The number of fused-ring (bicyclic) bond motifs is 3. The maximum absolute atomic E-state index is 15.0. The van der Waals surface area contributed by atoms with Gasteiger partial charge in [0.2, 0.25) is 0 Å². The number of Topliss-reactive ketones (excluding diaryl/α,β-unsaturated/α-hetero) is 2. The number of ether oxygens (including phenoxy) is 2. The molecule has 258 valence electrons. The van der Waals surface area contributed by atoms with Gasteiger partial charge in [-0.3, -0.25) is 9.59 Å².